The summed E-state index contributed by atoms with van der Waals surface area (Å²) in [7, 11) is 0. The summed E-state index contributed by atoms with van der Waals surface area (Å²) in [6.07, 6.45) is 3.54. The van der Waals surface area contributed by atoms with E-state index in [0.717, 1.165) is 42.5 Å². The number of carbonyl (C=O) groups is 2. The number of rotatable bonds is 7. The average molecular weight is 323 g/mol. The molecule has 1 aliphatic carbocycles. The molecular formula is C17H23ClN2O2. The Hall–Kier alpha value is -1.55. The number of hydrogen-bond acceptors (Lipinski definition) is 2. The van der Waals surface area contributed by atoms with Crippen LogP contribution in [0.2, 0.25) is 0 Å². The molecule has 1 aliphatic rings. The van der Waals surface area contributed by atoms with Crippen LogP contribution in [0.25, 0.3) is 0 Å². The number of benzene rings is 1. The molecule has 1 fully saturated rings. The lowest BCUT2D eigenvalue weighted by atomic mass is 10.0. The van der Waals surface area contributed by atoms with Crippen LogP contribution in [0.4, 0.5) is 5.69 Å². The second kappa shape index (κ2) is 7.63. The first-order valence-corrected chi connectivity index (χ1v) is 8.40. The van der Waals surface area contributed by atoms with Crippen molar-refractivity contribution in [2.24, 2.45) is 5.92 Å². The van der Waals surface area contributed by atoms with E-state index in [9.17, 15) is 9.59 Å². The standard InChI is InChI=1S/C17H23ClN2O2/c1-3-12-6-5-7-13(4-2)16(12)20(15(21)10-18)11-19-17(22)14-8-9-14/h5-7,14H,3-4,8-11H2,1-2H3,(H,19,22). The topological polar surface area (TPSA) is 49.4 Å². The molecule has 2 rings (SSSR count). The minimum Gasteiger partial charge on any atom is -0.338 e. The number of aryl methyl sites for hydroxylation is 2. The van der Waals surface area contributed by atoms with Crippen molar-refractivity contribution in [1.29, 1.82) is 0 Å². The fourth-order valence-electron chi connectivity index (χ4n) is 2.57. The summed E-state index contributed by atoms with van der Waals surface area (Å²) in [6.45, 7) is 4.31. The molecule has 0 aromatic heterocycles. The highest BCUT2D eigenvalue weighted by molar-refractivity contribution is 6.29. The van der Waals surface area contributed by atoms with Crippen LogP contribution < -0.4 is 10.2 Å². The molecule has 1 saturated carbocycles. The van der Waals surface area contributed by atoms with Gasteiger partial charge in [0.2, 0.25) is 11.8 Å². The van der Waals surface area contributed by atoms with Gasteiger partial charge in [-0.2, -0.15) is 0 Å². The molecule has 0 radical (unpaired) electrons. The molecule has 0 heterocycles. The fourth-order valence-corrected chi connectivity index (χ4v) is 2.72. The first-order chi connectivity index (χ1) is 10.6. The smallest absolute Gasteiger partial charge is 0.243 e. The third-order valence-electron chi connectivity index (χ3n) is 4.01. The number of anilines is 1. The van der Waals surface area contributed by atoms with E-state index in [2.05, 4.69) is 19.2 Å². The molecule has 5 heteroatoms. The number of alkyl halides is 1. The minimum absolute atomic E-state index is 0.0272. The second-order valence-corrected chi connectivity index (χ2v) is 5.83. The van der Waals surface area contributed by atoms with Crippen molar-refractivity contribution in [1.82, 2.24) is 5.32 Å². The van der Waals surface area contributed by atoms with Crippen LogP contribution in [0.3, 0.4) is 0 Å². The van der Waals surface area contributed by atoms with Crippen LogP contribution in [0.1, 0.15) is 37.8 Å². The first kappa shape index (κ1) is 16.8. The van der Waals surface area contributed by atoms with Crippen molar-refractivity contribution >= 4 is 29.1 Å². The average Bonchev–Trinajstić information content (AvgIpc) is 3.39. The highest BCUT2D eigenvalue weighted by Crippen LogP contribution is 2.30. The SMILES string of the molecule is CCc1cccc(CC)c1N(CNC(=O)C1CC1)C(=O)CCl. The van der Waals surface area contributed by atoms with Crippen molar-refractivity contribution in [3.63, 3.8) is 0 Å². The van der Waals surface area contributed by atoms with Crippen molar-refractivity contribution in [2.75, 3.05) is 17.4 Å². The zero-order valence-corrected chi connectivity index (χ0v) is 13.9. The molecule has 120 valence electrons. The molecule has 2 amide bonds. The van der Waals surface area contributed by atoms with E-state index in [1.165, 1.54) is 0 Å². The summed E-state index contributed by atoms with van der Waals surface area (Å²) in [5, 5.41) is 2.87. The first-order valence-electron chi connectivity index (χ1n) is 7.87. The van der Waals surface area contributed by atoms with E-state index in [1.807, 2.05) is 18.2 Å². The Morgan fingerprint density at radius 3 is 2.27 bits per heavy atom. The van der Waals surface area contributed by atoms with Crippen LogP contribution in [-0.4, -0.2) is 24.4 Å². The monoisotopic (exact) mass is 322 g/mol. The molecule has 0 aliphatic heterocycles. The zero-order valence-electron chi connectivity index (χ0n) is 13.2. The van der Waals surface area contributed by atoms with Gasteiger partial charge >= 0.3 is 0 Å². The molecule has 0 spiro atoms. The summed E-state index contributed by atoms with van der Waals surface area (Å²) < 4.78 is 0. The number of nitrogens with zero attached hydrogens (tertiary/aromatic N) is 1. The van der Waals surface area contributed by atoms with Crippen LogP contribution in [0.15, 0.2) is 18.2 Å². The maximum atomic E-state index is 12.3. The Kier molecular flexibility index (Phi) is 5.83. The van der Waals surface area contributed by atoms with E-state index in [1.54, 1.807) is 4.90 Å². The number of hydrogen-bond donors (Lipinski definition) is 1. The molecule has 1 aromatic carbocycles. The summed E-state index contributed by atoms with van der Waals surface area (Å²) in [4.78, 5) is 25.8. The molecule has 0 unspecified atom stereocenters. The lowest BCUT2D eigenvalue weighted by Gasteiger charge is -2.27. The lowest BCUT2D eigenvalue weighted by molar-refractivity contribution is -0.122. The number of halogens is 1. The number of carbonyl (C=O) groups excluding carboxylic acids is 2. The van der Waals surface area contributed by atoms with Crippen molar-refractivity contribution < 1.29 is 9.59 Å². The van der Waals surface area contributed by atoms with Crippen LogP contribution in [0.5, 0.6) is 0 Å². The molecule has 4 nitrogen and oxygen atoms in total. The lowest BCUT2D eigenvalue weighted by Crippen LogP contribution is -2.43. The largest absolute Gasteiger partial charge is 0.338 e. The Labute approximate surface area is 136 Å². The van der Waals surface area contributed by atoms with Gasteiger partial charge in [-0.05, 0) is 36.8 Å². The van der Waals surface area contributed by atoms with Gasteiger partial charge in [0, 0.05) is 5.92 Å². The van der Waals surface area contributed by atoms with Gasteiger partial charge in [0.05, 0.1) is 12.4 Å². The van der Waals surface area contributed by atoms with E-state index < -0.39 is 0 Å². The predicted molar refractivity (Wildman–Crippen MR) is 89.1 cm³/mol. The summed E-state index contributed by atoms with van der Waals surface area (Å²) in [6, 6.07) is 6.05. The van der Waals surface area contributed by atoms with Crippen LogP contribution >= 0.6 is 11.6 Å². The van der Waals surface area contributed by atoms with Gasteiger partial charge in [0.1, 0.15) is 5.88 Å². The number of nitrogens with one attached hydrogen (secondary N) is 1. The van der Waals surface area contributed by atoms with Gasteiger partial charge in [0.25, 0.3) is 0 Å². The van der Waals surface area contributed by atoms with Crippen LogP contribution in [0, 0.1) is 5.92 Å². The number of para-hydroxylation sites is 1. The Morgan fingerprint density at radius 1 is 1.23 bits per heavy atom. The van der Waals surface area contributed by atoms with E-state index in [0.29, 0.717) is 0 Å². The van der Waals surface area contributed by atoms with Gasteiger partial charge in [-0.15, -0.1) is 11.6 Å². The summed E-state index contributed by atoms with van der Waals surface area (Å²) in [5.74, 6) is -0.131. The van der Waals surface area contributed by atoms with Crippen molar-refractivity contribution in [2.45, 2.75) is 39.5 Å². The Balaban J connectivity index is 2.27. The van der Waals surface area contributed by atoms with E-state index >= 15 is 0 Å². The van der Waals surface area contributed by atoms with Crippen LogP contribution in [-0.2, 0) is 22.4 Å². The predicted octanol–water partition coefficient (Wildman–Crippen LogP) is 2.87. The molecule has 22 heavy (non-hydrogen) atoms. The van der Waals surface area contributed by atoms with Gasteiger partial charge < -0.3 is 5.32 Å². The Bertz CT molecular complexity index is 533. The molecule has 1 aromatic rings. The molecule has 1 N–H and O–H groups in total. The third-order valence-corrected chi connectivity index (χ3v) is 4.24. The molecule has 0 saturated heterocycles. The quantitative estimate of drug-likeness (QED) is 0.620. The van der Waals surface area contributed by atoms with Gasteiger partial charge in [-0.3, -0.25) is 14.5 Å². The highest BCUT2D eigenvalue weighted by Gasteiger charge is 2.30. The Morgan fingerprint density at radius 2 is 1.82 bits per heavy atom. The zero-order chi connectivity index (χ0) is 16.1. The maximum absolute atomic E-state index is 12.3. The highest BCUT2D eigenvalue weighted by atomic mass is 35.5. The third kappa shape index (κ3) is 3.80. The van der Waals surface area contributed by atoms with Gasteiger partial charge in [0.15, 0.2) is 0 Å². The normalized spacial score (nSPS) is 13.8. The molecule has 0 atom stereocenters. The molecular weight excluding hydrogens is 300 g/mol. The minimum atomic E-state index is -0.187. The summed E-state index contributed by atoms with van der Waals surface area (Å²) in [5.41, 5.74) is 3.09. The fraction of sp³-hybridized carbons (Fsp3) is 0.529. The van der Waals surface area contributed by atoms with Gasteiger partial charge in [-0.1, -0.05) is 32.0 Å². The second-order valence-electron chi connectivity index (χ2n) is 5.56. The van der Waals surface area contributed by atoms with Gasteiger partial charge in [-0.25, -0.2) is 0 Å². The van der Waals surface area contributed by atoms with Crippen molar-refractivity contribution in [3.8, 4) is 0 Å². The maximum Gasteiger partial charge on any atom is 0.243 e. The van der Waals surface area contributed by atoms with E-state index in [4.69, 9.17) is 11.6 Å². The van der Waals surface area contributed by atoms with E-state index in [-0.39, 0.29) is 30.3 Å². The molecule has 0 bridgehead atoms. The summed E-state index contributed by atoms with van der Waals surface area (Å²) >= 11 is 5.77. The van der Waals surface area contributed by atoms with Crippen molar-refractivity contribution in [3.05, 3.63) is 29.3 Å². The number of amides is 2.